The Balaban J connectivity index is 1.91. The Hall–Kier alpha value is -4.10. The molecule has 1 aromatic carbocycles. The number of aldehydes is 1. The van der Waals surface area contributed by atoms with E-state index in [0.29, 0.717) is 36.0 Å². The van der Waals surface area contributed by atoms with Crippen molar-refractivity contribution in [1.82, 2.24) is 19.9 Å². The predicted octanol–water partition coefficient (Wildman–Crippen LogP) is 4.12. The number of benzene rings is 1. The van der Waals surface area contributed by atoms with Crippen LogP contribution in [0.4, 0.5) is 23.8 Å². The van der Waals surface area contributed by atoms with Gasteiger partial charge in [-0.05, 0) is 30.7 Å². The zero-order valence-corrected chi connectivity index (χ0v) is 20.2. The lowest BCUT2D eigenvalue weighted by molar-refractivity contribution is -0.140. The van der Waals surface area contributed by atoms with Gasteiger partial charge in [0.05, 0.1) is 11.1 Å². The average molecular weight is 531 g/mol. The van der Waals surface area contributed by atoms with E-state index in [1.54, 1.807) is 29.7 Å². The molecule has 0 aliphatic heterocycles. The molecule has 0 bridgehead atoms. The number of thiazole rings is 1. The minimum Gasteiger partial charge on any atom is -0.345 e. The maximum Gasteiger partial charge on any atom is 0.434 e. The molecule has 192 valence electrons. The van der Waals surface area contributed by atoms with Crippen LogP contribution in [0.1, 0.15) is 23.0 Å². The van der Waals surface area contributed by atoms with Crippen LogP contribution >= 0.6 is 11.3 Å². The minimum absolute atomic E-state index is 0.0472. The summed E-state index contributed by atoms with van der Waals surface area (Å²) >= 11 is 0.785. The number of carbonyl (C=O) groups excluding carboxylic acids is 2. The van der Waals surface area contributed by atoms with Crippen molar-refractivity contribution in [1.29, 1.82) is 0 Å². The maximum atomic E-state index is 13.3. The molecule has 4 aromatic rings. The van der Waals surface area contributed by atoms with Crippen LogP contribution < -0.4 is 21.8 Å². The Labute approximate surface area is 212 Å². The largest absolute Gasteiger partial charge is 0.434 e. The number of amides is 2. The van der Waals surface area contributed by atoms with Gasteiger partial charge < -0.3 is 15.6 Å². The molecular weight excluding hydrogens is 509 g/mol. The number of anilines is 1. The Morgan fingerprint density at radius 3 is 2.68 bits per heavy atom. The molecule has 0 saturated carbocycles. The molecule has 0 atom stereocenters. The number of hydrogen-bond acceptors (Lipinski definition) is 7. The number of carbonyl (C=O) groups is 2. The second-order valence-electron chi connectivity index (χ2n) is 7.88. The van der Waals surface area contributed by atoms with Crippen LogP contribution in [0.5, 0.6) is 0 Å². The second-order valence-corrected chi connectivity index (χ2v) is 8.74. The van der Waals surface area contributed by atoms with Gasteiger partial charge in [0.25, 0.3) is 0 Å². The molecule has 0 saturated heterocycles. The van der Waals surface area contributed by atoms with Crippen LogP contribution in [0.15, 0.2) is 46.8 Å². The molecule has 4 rings (SSSR count). The van der Waals surface area contributed by atoms with Crippen LogP contribution in [0.3, 0.4) is 0 Å². The number of pyridine rings is 2. The van der Waals surface area contributed by atoms with Gasteiger partial charge in [0, 0.05) is 53.9 Å². The number of rotatable bonds is 7. The molecule has 37 heavy (non-hydrogen) atoms. The number of fused-ring (bicyclic) bond motifs is 1. The smallest absolute Gasteiger partial charge is 0.345 e. The van der Waals surface area contributed by atoms with Gasteiger partial charge in [-0.25, -0.2) is 14.8 Å². The van der Waals surface area contributed by atoms with Gasteiger partial charge in [-0.3, -0.25) is 14.9 Å². The third kappa shape index (κ3) is 5.37. The van der Waals surface area contributed by atoms with Crippen molar-refractivity contribution in [3.05, 3.63) is 63.5 Å². The standard InChI is InChI=1S/C24H21F3N6O3S/c1-2-29-23(36)32-20-8-15(22-31-19(12-37-22)24(25,26)27)17(9-30-20)13-3-4-18-16(7-13)21(35)14(11-34)10-33(18)6-5-28/h3-4,7-12H,2,5-6,28H2,1H3,(H2,29,30,32,36). The average Bonchev–Trinajstić information content (AvgIpc) is 3.37. The number of halogens is 3. The minimum atomic E-state index is -4.63. The molecule has 0 fully saturated rings. The van der Waals surface area contributed by atoms with Gasteiger partial charge in [0.15, 0.2) is 17.4 Å². The van der Waals surface area contributed by atoms with Crippen LogP contribution in [0.2, 0.25) is 0 Å². The summed E-state index contributed by atoms with van der Waals surface area (Å²) in [6.07, 6.45) is -1.35. The zero-order valence-electron chi connectivity index (χ0n) is 19.4. The van der Waals surface area contributed by atoms with Crippen LogP contribution in [0.25, 0.3) is 32.6 Å². The van der Waals surface area contributed by atoms with Crippen LogP contribution in [-0.2, 0) is 12.7 Å². The number of nitrogens with zero attached hydrogens (tertiary/aromatic N) is 3. The molecular formula is C24H21F3N6O3S. The van der Waals surface area contributed by atoms with E-state index in [2.05, 4.69) is 20.6 Å². The van der Waals surface area contributed by atoms with Crippen molar-refractivity contribution in [3.8, 4) is 21.7 Å². The van der Waals surface area contributed by atoms with E-state index in [0.717, 1.165) is 16.7 Å². The Kier molecular flexibility index (Phi) is 7.36. The van der Waals surface area contributed by atoms with E-state index in [1.165, 1.54) is 18.5 Å². The molecule has 0 spiro atoms. The highest BCUT2D eigenvalue weighted by Crippen LogP contribution is 2.38. The van der Waals surface area contributed by atoms with Crippen molar-refractivity contribution in [2.45, 2.75) is 19.6 Å². The van der Waals surface area contributed by atoms with Gasteiger partial charge in [-0.1, -0.05) is 6.07 Å². The number of alkyl halides is 3. The van der Waals surface area contributed by atoms with Gasteiger partial charge in [-0.2, -0.15) is 13.2 Å². The first kappa shape index (κ1) is 26.0. The first-order chi connectivity index (χ1) is 17.7. The summed E-state index contributed by atoms with van der Waals surface area (Å²) in [4.78, 5) is 44.4. The zero-order chi connectivity index (χ0) is 26.7. The number of hydrogen-bond donors (Lipinski definition) is 3. The number of nitrogens with two attached hydrogens (primary N) is 1. The summed E-state index contributed by atoms with van der Waals surface area (Å²) in [7, 11) is 0. The molecule has 3 heterocycles. The highest BCUT2D eigenvalue weighted by molar-refractivity contribution is 7.13. The predicted molar refractivity (Wildman–Crippen MR) is 135 cm³/mol. The van der Waals surface area contributed by atoms with E-state index in [1.807, 2.05) is 0 Å². The molecule has 0 unspecified atom stereocenters. The number of aromatic nitrogens is 3. The molecule has 2 amide bonds. The number of urea groups is 1. The fourth-order valence-electron chi connectivity index (χ4n) is 3.77. The third-order valence-corrected chi connectivity index (χ3v) is 6.30. The molecule has 0 radical (unpaired) electrons. The second kappa shape index (κ2) is 10.5. The van der Waals surface area contributed by atoms with E-state index in [-0.39, 0.29) is 33.9 Å². The topological polar surface area (TPSA) is 132 Å². The highest BCUT2D eigenvalue weighted by Gasteiger charge is 2.34. The Bertz CT molecular complexity index is 1550. The van der Waals surface area contributed by atoms with Gasteiger partial charge >= 0.3 is 12.2 Å². The molecule has 4 N–H and O–H groups in total. The molecule has 9 nitrogen and oxygen atoms in total. The number of nitrogens with one attached hydrogen (secondary N) is 2. The first-order valence-electron chi connectivity index (χ1n) is 11.1. The van der Waals surface area contributed by atoms with E-state index < -0.39 is 23.3 Å². The molecule has 13 heteroatoms. The van der Waals surface area contributed by atoms with E-state index in [9.17, 15) is 27.6 Å². The summed E-state index contributed by atoms with van der Waals surface area (Å²) in [5.41, 5.74) is 5.75. The van der Waals surface area contributed by atoms with Crippen molar-refractivity contribution < 1.29 is 22.8 Å². The monoisotopic (exact) mass is 530 g/mol. The van der Waals surface area contributed by atoms with Crippen molar-refractivity contribution in [3.63, 3.8) is 0 Å². The quantitative estimate of drug-likeness (QED) is 0.308. The highest BCUT2D eigenvalue weighted by atomic mass is 32.1. The van der Waals surface area contributed by atoms with Gasteiger partial charge in [-0.15, -0.1) is 11.3 Å². The summed E-state index contributed by atoms with van der Waals surface area (Å²) in [5, 5.41) is 6.27. The third-order valence-electron chi connectivity index (χ3n) is 5.42. The summed E-state index contributed by atoms with van der Waals surface area (Å²) in [5.74, 6) is 0.0998. The molecule has 0 aliphatic rings. The molecule has 3 aromatic heterocycles. The van der Waals surface area contributed by atoms with Crippen molar-refractivity contribution in [2.75, 3.05) is 18.4 Å². The lowest BCUT2D eigenvalue weighted by atomic mass is 9.99. The Morgan fingerprint density at radius 1 is 1.24 bits per heavy atom. The van der Waals surface area contributed by atoms with Crippen molar-refractivity contribution in [2.24, 2.45) is 5.73 Å². The van der Waals surface area contributed by atoms with Crippen LogP contribution in [0, 0.1) is 0 Å². The lowest BCUT2D eigenvalue weighted by Gasteiger charge is -2.14. The SMILES string of the molecule is CCNC(=O)Nc1cc(-c2nc(C(F)(F)F)cs2)c(-c2ccc3c(c2)c(=O)c(C=O)cn3CCN)cn1. The summed E-state index contributed by atoms with van der Waals surface area (Å²) in [6.45, 7) is 2.73. The van der Waals surface area contributed by atoms with E-state index in [4.69, 9.17) is 5.73 Å². The fraction of sp³-hybridized carbons (Fsp3) is 0.208. The summed E-state index contributed by atoms with van der Waals surface area (Å²) in [6, 6.07) is 5.79. The molecule has 0 aliphatic carbocycles. The normalized spacial score (nSPS) is 11.5. The maximum absolute atomic E-state index is 13.3. The lowest BCUT2D eigenvalue weighted by Crippen LogP contribution is -2.28. The Morgan fingerprint density at radius 2 is 2.03 bits per heavy atom. The van der Waals surface area contributed by atoms with Gasteiger partial charge in [0.2, 0.25) is 0 Å². The first-order valence-corrected chi connectivity index (χ1v) is 11.9. The fourth-order valence-corrected chi connectivity index (χ4v) is 4.63. The summed E-state index contributed by atoms with van der Waals surface area (Å²) < 4.78 is 41.5. The van der Waals surface area contributed by atoms with Gasteiger partial charge in [0.1, 0.15) is 10.8 Å². The van der Waals surface area contributed by atoms with Crippen LogP contribution in [-0.4, -0.2) is 39.9 Å². The van der Waals surface area contributed by atoms with E-state index >= 15 is 0 Å². The van der Waals surface area contributed by atoms with Crippen molar-refractivity contribution >= 4 is 40.4 Å².